The fourth-order valence-corrected chi connectivity index (χ4v) is 4.98. The van der Waals surface area contributed by atoms with Crippen LogP contribution in [0, 0.1) is 5.92 Å². The summed E-state index contributed by atoms with van der Waals surface area (Å²) >= 11 is 0. The minimum absolute atomic E-state index is 0.107. The summed E-state index contributed by atoms with van der Waals surface area (Å²) in [5.41, 5.74) is 1.68. The van der Waals surface area contributed by atoms with E-state index < -0.39 is 12.1 Å². The predicted octanol–water partition coefficient (Wildman–Crippen LogP) is 2.79. The average molecular weight is 510 g/mol. The Morgan fingerprint density at radius 3 is 2.41 bits per heavy atom. The summed E-state index contributed by atoms with van der Waals surface area (Å²) in [6.45, 7) is 6.08. The highest BCUT2D eigenvalue weighted by Crippen LogP contribution is 2.44. The largest absolute Gasteiger partial charge is 0.497 e. The Morgan fingerprint density at radius 1 is 1.08 bits per heavy atom. The van der Waals surface area contributed by atoms with E-state index in [0.717, 1.165) is 5.56 Å². The summed E-state index contributed by atoms with van der Waals surface area (Å²) in [5.74, 6) is -0.0236. The van der Waals surface area contributed by atoms with Gasteiger partial charge in [0.15, 0.2) is 0 Å². The molecule has 9 heteroatoms. The molecule has 198 valence electrons. The van der Waals surface area contributed by atoms with E-state index in [1.165, 1.54) is 19.1 Å². The van der Waals surface area contributed by atoms with Gasteiger partial charge in [-0.2, -0.15) is 0 Å². The van der Waals surface area contributed by atoms with Crippen molar-refractivity contribution in [1.82, 2.24) is 15.1 Å². The van der Waals surface area contributed by atoms with Crippen LogP contribution in [0.1, 0.15) is 47.8 Å². The Morgan fingerprint density at radius 2 is 1.78 bits per heavy atom. The molecule has 37 heavy (non-hydrogen) atoms. The fourth-order valence-electron chi connectivity index (χ4n) is 4.98. The highest BCUT2D eigenvalue weighted by Gasteiger charge is 2.49. The van der Waals surface area contributed by atoms with E-state index in [9.17, 15) is 14.4 Å². The molecule has 0 aliphatic carbocycles. The van der Waals surface area contributed by atoms with E-state index in [2.05, 4.69) is 5.32 Å². The van der Waals surface area contributed by atoms with Gasteiger partial charge < -0.3 is 29.3 Å². The monoisotopic (exact) mass is 509 g/mol. The molecule has 1 saturated heterocycles. The highest BCUT2D eigenvalue weighted by molar-refractivity contribution is 6.08. The average Bonchev–Trinajstić information content (AvgIpc) is 3.22. The molecule has 2 aliphatic heterocycles. The van der Waals surface area contributed by atoms with Crippen LogP contribution < -0.4 is 14.8 Å². The van der Waals surface area contributed by atoms with Crippen LogP contribution in [0.15, 0.2) is 42.5 Å². The first kappa shape index (κ1) is 26.5. The van der Waals surface area contributed by atoms with Gasteiger partial charge in [-0.3, -0.25) is 14.4 Å². The van der Waals surface area contributed by atoms with Gasteiger partial charge in [-0.25, -0.2) is 0 Å². The fraction of sp³-hybridized carbons (Fsp3) is 0.464. The van der Waals surface area contributed by atoms with Gasteiger partial charge in [-0.15, -0.1) is 0 Å². The Kier molecular flexibility index (Phi) is 8.33. The first-order valence-corrected chi connectivity index (χ1v) is 12.6. The lowest BCUT2D eigenvalue weighted by molar-refractivity contribution is -0.142. The number of fused-ring (bicyclic) bond motifs is 1. The molecule has 0 saturated carbocycles. The van der Waals surface area contributed by atoms with Crippen molar-refractivity contribution in [2.24, 2.45) is 5.92 Å². The molecular formula is C28H35N3O6. The first-order valence-electron chi connectivity index (χ1n) is 12.6. The van der Waals surface area contributed by atoms with Gasteiger partial charge in [0.25, 0.3) is 5.91 Å². The van der Waals surface area contributed by atoms with E-state index in [-0.39, 0.29) is 30.2 Å². The van der Waals surface area contributed by atoms with Crippen molar-refractivity contribution >= 4 is 17.7 Å². The van der Waals surface area contributed by atoms with Crippen LogP contribution >= 0.6 is 0 Å². The summed E-state index contributed by atoms with van der Waals surface area (Å²) < 4.78 is 16.4. The van der Waals surface area contributed by atoms with Crippen molar-refractivity contribution in [3.8, 4) is 11.5 Å². The second-order valence-corrected chi connectivity index (χ2v) is 9.69. The summed E-state index contributed by atoms with van der Waals surface area (Å²) in [6, 6.07) is 11.0. The van der Waals surface area contributed by atoms with Crippen molar-refractivity contribution in [2.75, 3.05) is 40.5 Å². The number of nitrogens with zero attached hydrogens (tertiary/aromatic N) is 2. The SMILES string of the molecule is COc1cc(OC)c2c(c1)C(=O)N([C@@H](CC(C)C)C(=O)N1CCOCC1)C2C(=O)NCc1ccccc1. The summed E-state index contributed by atoms with van der Waals surface area (Å²) in [7, 11) is 3.00. The van der Waals surface area contributed by atoms with Crippen molar-refractivity contribution in [3.05, 3.63) is 59.2 Å². The lowest BCUT2D eigenvalue weighted by Crippen LogP contribution is -2.55. The maximum absolute atomic E-state index is 14.0. The molecule has 1 N–H and O–H groups in total. The van der Waals surface area contributed by atoms with Gasteiger partial charge in [0.2, 0.25) is 11.8 Å². The van der Waals surface area contributed by atoms with Crippen LogP contribution in [0.5, 0.6) is 11.5 Å². The molecule has 0 bridgehead atoms. The molecule has 0 aromatic heterocycles. The zero-order valence-electron chi connectivity index (χ0n) is 21.9. The Labute approximate surface area is 217 Å². The van der Waals surface area contributed by atoms with Crippen LogP contribution in [0.25, 0.3) is 0 Å². The van der Waals surface area contributed by atoms with E-state index in [1.807, 2.05) is 44.2 Å². The van der Waals surface area contributed by atoms with Crippen LogP contribution in [-0.2, 0) is 20.9 Å². The molecule has 0 radical (unpaired) electrons. The predicted molar refractivity (Wildman–Crippen MR) is 137 cm³/mol. The number of carbonyl (C=O) groups is 3. The maximum Gasteiger partial charge on any atom is 0.256 e. The molecule has 2 aliphatic rings. The Bertz CT molecular complexity index is 1130. The molecule has 9 nitrogen and oxygen atoms in total. The number of morpholine rings is 1. The molecule has 2 aromatic carbocycles. The smallest absolute Gasteiger partial charge is 0.256 e. The number of hydrogen-bond donors (Lipinski definition) is 1. The molecule has 2 heterocycles. The molecule has 2 atom stereocenters. The summed E-state index contributed by atoms with van der Waals surface area (Å²) in [4.78, 5) is 44.8. The van der Waals surface area contributed by atoms with E-state index in [0.29, 0.717) is 55.4 Å². The van der Waals surface area contributed by atoms with Crippen molar-refractivity contribution in [2.45, 2.75) is 38.9 Å². The molecule has 0 spiro atoms. The maximum atomic E-state index is 14.0. The standard InChI is InChI=1S/C28H35N3O6/c1-18(2)14-22(28(34)30-10-12-37-13-11-30)31-25(26(32)29-17-19-8-6-5-7-9-19)24-21(27(31)33)15-20(35-3)16-23(24)36-4/h5-9,15-16,18,22,25H,10-14,17H2,1-4H3,(H,29,32)/t22-,25?/m0/s1. The molecule has 3 amide bonds. The third-order valence-electron chi connectivity index (χ3n) is 6.78. The van der Waals surface area contributed by atoms with Crippen LogP contribution in [0.2, 0.25) is 0 Å². The second kappa shape index (κ2) is 11.6. The van der Waals surface area contributed by atoms with E-state index in [4.69, 9.17) is 14.2 Å². The van der Waals surface area contributed by atoms with Gasteiger partial charge in [0, 0.05) is 31.3 Å². The van der Waals surface area contributed by atoms with Gasteiger partial charge in [0.1, 0.15) is 23.6 Å². The van der Waals surface area contributed by atoms with Crippen molar-refractivity contribution < 1.29 is 28.6 Å². The van der Waals surface area contributed by atoms with Gasteiger partial charge in [-0.05, 0) is 24.0 Å². The number of benzene rings is 2. The number of rotatable bonds is 9. The van der Waals surface area contributed by atoms with Gasteiger partial charge >= 0.3 is 0 Å². The zero-order chi connectivity index (χ0) is 26.5. The second-order valence-electron chi connectivity index (χ2n) is 9.69. The molecule has 4 rings (SSSR count). The van der Waals surface area contributed by atoms with Crippen LogP contribution in [0.3, 0.4) is 0 Å². The Balaban J connectivity index is 1.76. The molecule has 2 aromatic rings. The highest BCUT2D eigenvalue weighted by atomic mass is 16.5. The van der Waals surface area contributed by atoms with E-state index >= 15 is 0 Å². The lowest BCUT2D eigenvalue weighted by atomic mass is 9.98. The molecule has 1 unspecified atom stereocenters. The van der Waals surface area contributed by atoms with Crippen molar-refractivity contribution in [1.29, 1.82) is 0 Å². The number of hydrogen-bond acceptors (Lipinski definition) is 6. The number of amides is 3. The Hall–Kier alpha value is -3.59. The minimum atomic E-state index is -1.03. The van der Waals surface area contributed by atoms with Crippen LogP contribution in [0.4, 0.5) is 0 Å². The molecular weight excluding hydrogens is 474 g/mol. The zero-order valence-corrected chi connectivity index (χ0v) is 21.9. The minimum Gasteiger partial charge on any atom is -0.497 e. The van der Waals surface area contributed by atoms with Gasteiger partial charge in [-0.1, -0.05) is 44.2 Å². The van der Waals surface area contributed by atoms with Gasteiger partial charge in [0.05, 0.1) is 33.0 Å². The topological polar surface area (TPSA) is 97.4 Å². The quantitative estimate of drug-likeness (QED) is 0.558. The number of nitrogens with one attached hydrogen (secondary N) is 1. The summed E-state index contributed by atoms with van der Waals surface area (Å²) in [6.07, 6.45) is 0.415. The lowest BCUT2D eigenvalue weighted by Gasteiger charge is -2.37. The van der Waals surface area contributed by atoms with Crippen molar-refractivity contribution in [3.63, 3.8) is 0 Å². The number of carbonyl (C=O) groups excluding carboxylic acids is 3. The third-order valence-corrected chi connectivity index (χ3v) is 6.78. The van der Waals surface area contributed by atoms with E-state index in [1.54, 1.807) is 17.0 Å². The molecule has 1 fully saturated rings. The summed E-state index contributed by atoms with van der Waals surface area (Å²) in [5, 5.41) is 2.97. The first-order chi connectivity index (χ1) is 17.8. The number of ether oxygens (including phenoxy) is 3. The third kappa shape index (κ3) is 5.56. The van der Waals surface area contributed by atoms with Crippen LogP contribution in [-0.4, -0.2) is 74.1 Å². The normalized spacial score (nSPS) is 18.0. The number of methoxy groups -OCH3 is 2.